The zero-order valence-electron chi connectivity index (χ0n) is 10.6. The number of likely N-dealkylation sites (N-methyl/N-ethyl adjacent to an activating group) is 1. The molecule has 17 heavy (non-hydrogen) atoms. The molecule has 2 aromatic rings. The van der Waals surface area contributed by atoms with Crippen molar-refractivity contribution in [1.82, 2.24) is 9.30 Å². The number of nitrogens with zero attached hydrogens (tertiary/aromatic N) is 2. The van der Waals surface area contributed by atoms with E-state index in [9.17, 15) is 5.11 Å². The second-order valence-electron chi connectivity index (χ2n) is 4.27. The molecule has 2 rings (SSSR count). The van der Waals surface area contributed by atoms with Gasteiger partial charge in [0.2, 0.25) is 0 Å². The van der Waals surface area contributed by atoms with Crippen LogP contribution in [0.25, 0.3) is 5.52 Å². The lowest BCUT2D eigenvalue weighted by Crippen LogP contribution is -2.25. The summed E-state index contributed by atoms with van der Waals surface area (Å²) in [6.45, 7) is 7.56. The zero-order valence-corrected chi connectivity index (χ0v) is 10.6. The Morgan fingerprint density at radius 1 is 1.18 bits per heavy atom. The molecule has 0 fully saturated rings. The van der Waals surface area contributed by atoms with Crippen LogP contribution in [-0.4, -0.2) is 34.0 Å². The molecule has 3 nitrogen and oxygen atoms in total. The molecule has 0 aromatic carbocycles. The summed E-state index contributed by atoms with van der Waals surface area (Å²) < 4.78 is 1.98. The Labute approximate surface area is 102 Å². The third-order valence-corrected chi connectivity index (χ3v) is 3.33. The first-order valence-electron chi connectivity index (χ1n) is 6.26. The van der Waals surface area contributed by atoms with Crippen molar-refractivity contribution in [3.63, 3.8) is 0 Å². The number of aromatic nitrogens is 1. The van der Waals surface area contributed by atoms with Crippen molar-refractivity contribution in [3.05, 3.63) is 36.2 Å². The maximum Gasteiger partial charge on any atom is 0.139 e. The van der Waals surface area contributed by atoms with Crippen molar-refractivity contribution < 1.29 is 5.11 Å². The van der Waals surface area contributed by atoms with Gasteiger partial charge in [0.05, 0.1) is 5.52 Å². The zero-order chi connectivity index (χ0) is 12.3. The highest BCUT2D eigenvalue weighted by Crippen LogP contribution is 2.23. The quantitative estimate of drug-likeness (QED) is 0.858. The van der Waals surface area contributed by atoms with Gasteiger partial charge in [0, 0.05) is 18.9 Å². The van der Waals surface area contributed by atoms with E-state index in [0.717, 1.165) is 31.6 Å². The van der Waals surface area contributed by atoms with E-state index in [2.05, 4.69) is 24.8 Å². The maximum atomic E-state index is 9.89. The van der Waals surface area contributed by atoms with E-state index in [1.807, 2.05) is 22.9 Å². The fourth-order valence-corrected chi connectivity index (χ4v) is 2.24. The fourth-order valence-electron chi connectivity index (χ4n) is 2.24. The highest BCUT2D eigenvalue weighted by molar-refractivity contribution is 5.65. The summed E-state index contributed by atoms with van der Waals surface area (Å²) in [5, 5.41) is 9.89. The highest BCUT2D eigenvalue weighted by Gasteiger charge is 2.08. The molecule has 0 aliphatic carbocycles. The van der Waals surface area contributed by atoms with Crippen LogP contribution in [-0.2, 0) is 6.42 Å². The van der Waals surface area contributed by atoms with Gasteiger partial charge in [-0.1, -0.05) is 13.8 Å². The van der Waals surface area contributed by atoms with Crippen molar-refractivity contribution >= 4 is 5.52 Å². The molecule has 0 amide bonds. The number of fused-ring (bicyclic) bond motifs is 1. The molecule has 0 bridgehead atoms. The predicted octanol–water partition coefficient (Wildman–Crippen LogP) is 2.53. The van der Waals surface area contributed by atoms with E-state index in [1.165, 1.54) is 5.56 Å². The van der Waals surface area contributed by atoms with Gasteiger partial charge >= 0.3 is 0 Å². The first kappa shape index (κ1) is 12.0. The molecule has 0 atom stereocenters. The van der Waals surface area contributed by atoms with Crippen LogP contribution >= 0.6 is 0 Å². The van der Waals surface area contributed by atoms with E-state index in [4.69, 9.17) is 0 Å². The summed E-state index contributed by atoms with van der Waals surface area (Å²) in [6, 6.07) is 5.70. The molecule has 0 radical (unpaired) electrons. The van der Waals surface area contributed by atoms with E-state index >= 15 is 0 Å². The minimum atomic E-state index is 0.368. The Kier molecular flexibility index (Phi) is 3.69. The van der Waals surface area contributed by atoms with Crippen molar-refractivity contribution in [2.45, 2.75) is 20.3 Å². The van der Waals surface area contributed by atoms with Crippen molar-refractivity contribution in [1.29, 1.82) is 0 Å². The minimum absolute atomic E-state index is 0.368. The first-order valence-corrected chi connectivity index (χ1v) is 6.26. The molecule has 0 saturated heterocycles. The van der Waals surface area contributed by atoms with Crippen LogP contribution in [0.2, 0.25) is 0 Å². The Morgan fingerprint density at radius 3 is 2.65 bits per heavy atom. The molecule has 0 aliphatic heterocycles. The molecule has 0 saturated carbocycles. The second kappa shape index (κ2) is 5.23. The summed E-state index contributed by atoms with van der Waals surface area (Å²) in [5.41, 5.74) is 2.16. The fraction of sp³-hybridized carbons (Fsp3) is 0.429. The van der Waals surface area contributed by atoms with Crippen molar-refractivity contribution in [2.24, 2.45) is 0 Å². The normalized spacial score (nSPS) is 11.5. The maximum absolute atomic E-state index is 9.89. The van der Waals surface area contributed by atoms with Crippen LogP contribution in [0, 0.1) is 0 Å². The summed E-state index contributed by atoms with van der Waals surface area (Å²) in [4.78, 5) is 2.39. The molecule has 92 valence electrons. The Hall–Kier alpha value is -1.48. The van der Waals surface area contributed by atoms with Gasteiger partial charge in [-0.05, 0) is 43.3 Å². The number of hydrogen-bond acceptors (Lipinski definition) is 2. The van der Waals surface area contributed by atoms with Gasteiger partial charge in [0.1, 0.15) is 5.75 Å². The summed E-state index contributed by atoms with van der Waals surface area (Å²) >= 11 is 0. The molecule has 3 heteroatoms. The minimum Gasteiger partial charge on any atom is -0.506 e. The topological polar surface area (TPSA) is 27.9 Å². The van der Waals surface area contributed by atoms with Crippen LogP contribution in [0.15, 0.2) is 30.6 Å². The van der Waals surface area contributed by atoms with Gasteiger partial charge in [0.25, 0.3) is 0 Å². The molecule has 0 spiro atoms. The first-order chi connectivity index (χ1) is 8.26. The van der Waals surface area contributed by atoms with E-state index in [-0.39, 0.29) is 0 Å². The smallest absolute Gasteiger partial charge is 0.139 e. The molecule has 2 heterocycles. The summed E-state index contributed by atoms with van der Waals surface area (Å²) in [5.74, 6) is 0.368. The Balaban J connectivity index is 2.19. The monoisotopic (exact) mass is 232 g/mol. The number of rotatable bonds is 5. The number of pyridine rings is 1. The number of aromatic hydroxyl groups is 1. The van der Waals surface area contributed by atoms with Crippen molar-refractivity contribution in [3.8, 4) is 5.75 Å². The van der Waals surface area contributed by atoms with Crippen LogP contribution in [0.1, 0.15) is 19.4 Å². The van der Waals surface area contributed by atoms with Crippen LogP contribution in [0.3, 0.4) is 0 Å². The Bertz CT molecular complexity index is 486. The molecule has 0 aliphatic rings. The lowest BCUT2D eigenvalue weighted by molar-refractivity contribution is 0.308. The van der Waals surface area contributed by atoms with Gasteiger partial charge in [-0.25, -0.2) is 0 Å². The third kappa shape index (κ3) is 2.44. The molecule has 2 aromatic heterocycles. The van der Waals surface area contributed by atoms with Gasteiger partial charge in [-0.15, -0.1) is 0 Å². The van der Waals surface area contributed by atoms with Crippen LogP contribution in [0.5, 0.6) is 5.75 Å². The predicted molar refractivity (Wildman–Crippen MR) is 70.6 cm³/mol. The molecular weight excluding hydrogens is 212 g/mol. The Morgan fingerprint density at radius 2 is 1.94 bits per heavy atom. The highest BCUT2D eigenvalue weighted by atomic mass is 16.3. The van der Waals surface area contributed by atoms with Crippen molar-refractivity contribution in [2.75, 3.05) is 19.6 Å². The molecule has 1 N–H and O–H groups in total. The molecule has 0 unspecified atom stereocenters. The van der Waals surface area contributed by atoms with E-state index in [0.29, 0.717) is 5.75 Å². The third-order valence-electron chi connectivity index (χ3n) is 3.33. The summed E-state index contributed by atoms with van der Waals surface area (Å²) in [7, 11) is 0. The van der Waals surface area contributed by atoms with Gasteiger partial charge in [-0.3, -0.25) is 0 Å². The van der Waals surface area contributed by atoms with Gasteiger partial charge in [0.15, 0.2) is 0 Å². The lowest BCUT2D eigenvalue weighted by atomic mass is 10.1. The lowest BCUT2D eigenvalue weighted by Gasteiger charge is -2.17. The van der Waals surface area contributed by atoms with E-state index in [1.54, 1.807) is 6.07 Å². The SMILES string of the molecule is CCN(CC)CCc1ccn2cccc(O)c12. The van der Waals surface area contributed by atoms with Crippen LogP contribution in [0.4, 0.5) is 0 Å². The second-order valence-corrected chi connectivity index (χ2v) is 4.27. The summed E-state index contributed by atoms with van der Waals surface area (Å²) in [6.07, 6.45) is 4.96. The average Bonchev–Trinajstić information content (AvgIpc) is 2.75. The number of hydrogen-bond donors (Lipinski definition) is 1. The largest absolute Gasteiger partial charge is 0.506 e. The van der Waals surface area contributed by atoms with Crippen LogP contribution < -0.4 is 0 Å². The van der Waals surface area contributed by atoms with Gasteiger partial charge < -0.3 is 14.4 Å². The van der Waals surface area contributed by atoms with Gasteiger partial charge in [-0.2, -0.15) is 0 Å². The standard InChI is InChI=1S/C14H20N2O/c1-3-15(4-2)10-7-12-8-11-16-9-5-6-13(17)14(12)16/h5-6,8-9,11,17H,3-4,7,10H2,1-2H3. The molecular formula is C14H20N2O. The van der Waals surface area contributed by atoms with E-state index < -0.39 is 0 Å². The average molecular weight is 232 g/mol.